The lowest BCUT2D eigenvalue weighted by Crippen LogP contribution is -2.33. The van der Waals surface area contributed by atoms with Gasteiger partial charge in [-0.2, -0.15) is 0 Å². The van der Waals surface area contributed by atoms with Gasteiger partial charge in [0.2, 0.25) is 0 Å². The van der Waals surface area contributed by atoms with Crippen LogP contribution in [0.1, 0.15) is 11.1 Å². The second-order valence-electron chi connectivity index (χ2n) is 4.31. The number of aliphatic hydroxyl groups is 1. The third-order valence-electron chi connectivity index (χ3n) is 2.91. The summed E-state index contributed by atoms with van der Waals surface area (Å²) in [7, 11) is -1.09. The maximum Gasteiger partial charge on any atom is 0.126 e. The van der Waals surface area contributed by atoms with Gasteiger partial charge in [-0.3, -0.25) is 4.21 Å². The summed E-state index contributed by atoms with van der Waals surface area (Å²) < 4.78 is 11.6. The molecular formula is C15H16O2S. The van der Waals surface area contributed by atoms with Crippen molar-refractivity contribution in [1.29, 1.82) is 0 Å². The Morgan fingerprint density at radius 3 is 1.67 bits per heavy atom. The van der Waals surface area contributed by atoms with E-state index in [9.17, 15) is 9.32 Å². The molecule has 2 aromatic rings. The average molecular weight is 260 g/mol. The van der Waals surface area contributed by atoms with Crippen LogP contribution in [0.4, 0.5) is 0 Å². The molecule has 0 spiro atoms. The monoisotopic (exact) mass is 260 g/mol. The first kappa shape index (κ1) is 13.0. The van der Waals surface area contributed by atoms with Gasteiger partial charge in [0.15, 0.2) is 0 Å². The van der Waals surface area contributed by atoms with Crippen molar-refractivity contribution >= 4 is 10.8 Å². The van der Waals surface area contributed by atoms with E-state index in [1.165, 1.54) is 0 Å². The molecule has 1 N–H and O–H groups in total. The zero-order valence-electron chi connectivity index (χ0n) is 10.2. The van der Waals surface area contributed by atoms with Crippen LogP contribution in [0.3, 0.4) is 0 Å². The number of benzene rings is 2. The average Bonchev–Trinajstić information content (AvgIpc) is 2.40. The van der Waals surface area contributed by atoms with Gasteiger partial charge in [0.25, 0.3) is 0 Å². The Morgan fingerprint density at radius 2 is 1.33 bits per heavy atom. The Balaban J connectivity index is 2.51. The number of hydrogen-bond donors (Lipinski definition) is 1. The smallest absolute Gasteiger partial charge is 0.126 e. The van der Waals surface area contributed by atoms with E-state index in [0.717, 1.165) is 11.1 Å². The molecule has 0 fully saturated rings. The summed E-state index contributed by atoms with van der Waals surface area (Å²) in [5, 5.41) is 10.9. The Kier molecular flexibility index (Phi) is 3.94. The molecule has 3 heteroatoms. The van der Waals surface area contributed by atoms with Gasteiger partial charge in [-0.05, 0) is 11.1 Å². The molecule has 94 valence electrons. The van der Waals surface area contributed by atoms with Crippen molar-refractivity contribution in [3.63, 3.8) is 0 Å². The van der Waals surface area contributed by atoms with Crippen LogP contribution < -0.4 is 0 Å². The van der Waals surface area contributed by atoms with Crippen molar-refractivity contribution in [2.45, 2.75) is 5.60 Å². The summed E-state index contributed by atoms with van der Waals surface area (Å²) in [5.74, 6) is 0.195. The normalized spacial score (nSPS) is 13.2. The van der Waals surface area contributed by atoms with Gasteiger partial charge in [-0.15, -0.1) is 0 Å². The quantitative estimate of drug-likeness (QED) is 0.916. The Hall–Kier alpha value is -1.45. The number of hydrogen-bond acceptors (Lipinski definition) is 2. The minimum Gasteiger partial charge on any atom is -0.379 e. The molecule has 0 aromatic heterocycles. The molecule has 0 bridgehead atoms. The molecule has 2 rings (SSSR count). The summed E-state index contributed by atoms with van der Waals surface area (Å²) >= 11 is 0. The van der Waals surface area contributed by atoms with Crippen molar-refractivity contribution < 1.29 is 9.32 Å². The van der Waals surface area contributed by atoms with Crippen molar-refractivity contribution in [1.82, 2.24) is 0 Å². The first-order valence-corrected chi connectivity index (χ1v) is 7.49. The summed E-state index contributed by atoms with van der Waals surface area (Å²) in [6, 6.07) is 18.8. The molecule has 18 heavy (non-hydrogen) atoms. The fraction of sp³-hybridized carbons (Fsp3) is 0.200. The van der Waals surface area contributed by atoms with Gasteiger partial charge in [-0.1, -0.05) is 60.7 Å². The van der Waals surface area contributed by atoms with Crippen LogP contribution >= 0.6 is 0 Å². The van der Waals surface area contributed by atoms with Gasteiger partial charge in [0, 0.05) is 17.1 Å². The Morgan fingerprint density at radius 1 is 0.944 bits per heavy atom. The van der Waals surface area contributed by atoms with Crippen LogP contribution in [0.2, 0.25) is 0 Å². The molecule has 0 radical (unpaired) electrons. The van der Waals surface area contributed by atoms with Gasteiger partial charge in [0.05, 0.1) is 5.75 Å². The maximum absolute atomic E-state index is 11.6. The topological polar surface area (TPSA) is 37.3 Å². The molecule has 2 aromatic carbocycles. The lowest BCUT2D eigenvalue weighted by Gasteiger charge is -2.28. The molecule has 0 saturated carbocycles. The first-order valence-electron chi connectivity index (χ1n) is 5.76. The third kappa shape index (κ3) is 2.68. The van der Waals surface area contributed by atoms with Crippen molar-refractivity contribution in [2.24, 2.45) is 0 Å². The molecule has 0 aliphatic rings. The summed E-state index contributed by atoms with van der Waals surface area (Å²) in [6.07, 6.45) is 1.61. The predicted molar refractivity (Wildman–Crippen MR) is 74.8 cm³/mol. The molecule has 2 nitrogen and oxygen atoms in total. The molecule has 0 aliphatic heterocycles. The Labute approximate surface area is 110 Å². The van der Waals surface area contributed by atoms with E-state index in [1.54, 1.807) is 6.26 Å². The molecule has 0 unspecified atom stereocenters. The lowest BCUT2D eigenvalue weighted by molar-refractivity contribution is 0.107. The SMILES string of the molecule is C[S@](=O)CC(O)(c1ccccc1)c1ccccc1. The second-order valence-corrected chi connectivity index (χ2v) is 5.74. The minimum atomic E-state index is -1.19. The molecule has 0 heterocycles. The fourth-order valence-corrected chi connectivity index (χ4v) is 2.98. The highest BCUT2D eigenvalue weighted by Gasteiger charge is 2.32. The van der Waals surface area contributed by atoms with Crippen molar-refractivity contribution in [3.8, 4) is 0 Å². The zero-order valence-corrected chi connectivity index (χ0v) is 11.1. The van der Waals surface area contributed by atoms with Crippen LogP contribution in [0.25, 0.3) is 0 Å². The minimum absolute atomic E-state index is 0.195. The van der Waals surface area contributed by atoms with E-state index in [-0.39, 0.29) is 5.75 Å². The van der Waals surface area contributed by atoms with Gasteiger partial charge in [-0.25, -0.2) is 0 Å². The van der Waals surface area contributed by atoms with Crippen LogP contribution in [-0.4, -0.2) is 21.3 Å². The predicted octanol–water partition coefficient (Wildman–Crippen LogP) is 2.30. The van der Waals surface area contributed by atoms with E-state index in [2.05, 4.69) is 0 Å². The van der Waals surface area contributed by atoms with Crippen molar-refractivity contribution in [2.75, 3.05) is 12.0 Å². The standard InChI is InChI=1S/C15H16O2S/c1-18(17)12-15(16,13-8-4-2-5-9-13)14-10-6-3-7-11-14/h2-11,16H,12H2,1H3/t18-/m0/s1. The highest BCUT2D eigenvalue weighted by molar-refractivity contribution is 7.84. The molecule has 0 saturated heterocycles. The van der Waals surface area contributed by atoms with Gasteiger partial charge >= 0.3 is 0 Å². The molecule has 0 aliphatic carbocycles. The van der Waals surface area contributed by atoms with E-state index < -0.39 is 16.4 Å². The van der Waals surface area contributed by atoms with Crippen LogP contribution in [0.15, 0.2) is 60.7 Å². The van der Waals surface area contributed by atoms with Gasteiger partial charge < -0.3 is 5.11 Å². The Bertz CT molecular complexity index is 483. The van der Waals surface area contributed by atoms with Crippen LogP contribution in [0.5, 0.6) is 0 Å². The van der Waals surface area contributed by atoms with Crippen LogP contribution in [-0.2, 0) is 16.4 Å². The fourth-order valence-electron chi connectivity index (χ4n) is 2.06. The summed E-state index contributed by atoms with van der Waals surface area (Å²) in [4.78, 5) is 0. The highest BCUT2D eigenvalue weighted by atomic mass is 32.2. The van der Waals surface area contributed by atoms with E-state index in [1.807, 2.05) is 60.7 Å². The summed E-state index contributed by atoms with van der Waals surface area (Å²) in [6.45, 7) is 0. The lowest BCUT2D eigenvalue weighted by atomic mass is 9.88. The molecular weight excluding hydrogens is 244 g/mol. The largest absolute Gasteiger partial charge is 0.379 e. The van der Waals surface area contributed by atoms with Crippen molar-refractivity contribution in [3.05, 3.63) is 71.8 Å². The molecule has 0 amide bonds. The van der Waals surface area contributed by atoms with E-state index >= 15 is 0 Å². The molecule has 1 atom stereocenters. The number of rotatable bonds is 4. The second kappa shape index (κ2) is 5.46. The highest BCUT2D eigenvalue weighted by Crippen LogP contribution is 2.30. The zero-order chi connectivity index (χ0) is 13.0. The van der Waals surface area contributed by atoms with E-state index in [4.69, 9.17) is 0 Å². The van der Waals surface area contributed by atoms with E-state index in [0.29, 0.717) is 0 Å². The summed E-state index contributed by atoms with van der Waals surface area (Å²) in [5.41, 5.74) is 0.347. The van der Waals surface area contributed by atoms with Gasteiger partial charge in [0.1, 0.15) is 5.60 Å². The third-order valence-corrected chi connectivity index (χ3v) is 3.74. The maximum atomic E-state index is 11.6. The first-order chi connectivity index (χ1) is 8.63. The van der Waals surface area contributed by atoms with Crippen LogP contribution in [0, 0.1) is 0 Å².